The number of thioether (sulfide) groups is 1. The summed E-state index contributed by atoms with van der Waals surface area (Å²) < 4.78 is 6.81. The van der Waals surface area contributed by atoms with Gasteiger partial charge in [0.05, 0.1) is 7.11 Å². The van der Waals surface area contributed by atoms with E-state index in [0.29, 0.717) is 11.9 Å². The molecule has 5 nitrogen and oxygen atoms in total. The van der Waals surface area contributed by atoms with Gasteiger partial charge in [-0.25, -0.2) is 9.78 Å². The smallest absolute Gasteiger partial charge is 0.360 e. The first-order valence-electron chi connectivity index (χ1n) is 7.10. The average molecular weight is 297 g/mol. The van der Waals surface area contributed by atoms with Crippen LogP contribution in [-0.4, -0.2) is 34.1 Å². The van der Waals surface area contributed by atoms with Crippen molar-refractivity contribution in [3.8, 4) is 0 Å². The molecule has 1 aliphatic carbocycles. The number of nitrogens with two attached hydrogens (primary N) is 1. The van der Waals surface area contributed by atoms with Crippen molar-refractivity contribution in [2.45, 2.75) is 50.3 Å². The number of nitrogen functional groups attached to an aromatic ring is 1. The van der Waals surface area contributed by atoms with Crippen LogP contribution < -0.4 is 5.73 Å². The van der Waals surface area contributed by atoms with Gasteiger partial charge in [-0.2, -0.15) is 11.8 Å². The van der Waals surface area contributed by atoms with E-state index < -0.39 is 5.97 Å². The Kier molecular flexibility index (Phi) is 4.96. The average Bonchev–Trinajstić information content (AvgIpc) is 2.83. The van der Waals surface area contributed by atoms with E-state index in [1.165, 1.54) is 20.0 Å². The third kappa shape index (κ3) is 2.80. The van der Waals surface area contributed by atoms with Gasteiger partial charge < -0.3 is 15.0 Å². The standard InChI is InChI=1S/C14H23N3O2S/c1-4-11-16-12(14(18)19-2)13(15)17(11)9-5-7-10(20-3)8-6-9/h9-10H,4-8,15H2,1-3H3. The van der Waals surface area contributed by atoms with Crippen molar-refractivity contribution in [3.63, 3.8) is 0 Å². The molecule has 1 fully saturated rings. The molecule has 20 heavy (non-hydrogen) atoms. The minimum atomic E-state index is -0.450. The van der Waals surface area contributed by atoms with Gasteiger partial charge in [0.1, 0.15) is 11.6 Å². The molecule has 0 aromatic carbocycles. The van der Waals surface area contributed by atoms with E-state index in [-0.39, 0.29) is 5.69 Å². The number of aromatic nitrogens is 2. The Hall–Kier alpha value is -1.17. The van der Waals surface area contributed by atoms with Crippen LogP contribution in [0.1, 0.15) is 55.0 Å². The number of anilines is 1. The van der Waals surface area contributed by atoms with Gasteiger partial charge in [-0.3, -0.25) is 0 Å². The van der Waals surface area contributed by atoms with E-state index >= 15 is 0 Å². The number of carbonyl (C=O) groups is 1. The molecule has 2 rings (SSSR count). The number of carbonyl (C=O) groups excluding carboxylic acids is 1. The van der Waals surface area contributed by atoms with Crippen LogP contribution in [0.2, 0.25) is 0 Å². The number of hydrogen-bond donors (Lipinski definition) is 1. The van der Waals surface area contributed by atoms with Crippen molar-refractivity contribution >= 4 is 23.5 Å². The zero-order valence-corrected chi connectivity index (χ0v) is 13.2. The summed E-state index contributed by atoms with van der Waals surface area (Å²) in [7, 11) is 1.36. The summed E-state index contributed by atoms with van der Waals surface area (Å²) in [6.45, 7) is 2.03. The van der Waals surface area contributed by atoms with Crippen molar-refractivity contribution in [2.24, 2.45) is 0 Å². The molecule has 2 N–H and O–H groups in total. The van der Waals surface area contributed by atoms with Crippen molar-refractivity contribution in [1.82, 2.24) is 9.55 Å². The highest BCUT2D eigenvalue weighted by atomic mass is 32.2. The van der Waals surface area contributed by atoms with E-state index in [1.807, 2.05) is 18.7 Å². The van der Waals surface area contributed by atoms with Crippen molar-refractivity contribution in [1.29, 1.82) is 0 Å². The fourth-order valence-corrected chi connectivity index (χ4v) is 3.68. The van der Waals surface area contributed by atoms with Crippen LogP contribution in [-0.2, 0) is 11.2 Å². The number of rotatable bonds is 4. The van der Waals surface area contributed by atoms with Crippen LogP contribution in [0.15, 0.2) is 0 Å². The molecule has 6 heteroatoms. The normalized spacial score (nSPS) is 22.8. The molecule has 0 spiro atoms. The molecule has 1 heterocycles. The zero-order chi connectivity index (χ0) is 14.7. The molecular formula is C14H23N3O2S. The SMILES string of the molecule is CCc1nc(C(=O)OC)c(N)n1C1CCC(SC)CC1. The highest BCUT2D eigenvalue weighted by Crippen LogP contribution is 2.36. The third-order valence-electron chi connectivity index (χ3n) is 4.06. The maximum atomic E-state index is 11.7. The molecule has 1 aromatic rings. The Morgan fingerprint density at radius 3 is 2.60 bits per heavy atom. The van der Waals surface area contributed by atoms with Gasteiger partial charge in [0.15, 0.2) is 5.69 Å². The second-order valence-electron chi connectivity index (χ2n) is 5.14. The highest BCUT2D eigenvalue weighted by molar-refractivity contribution is 7.99. The summed E-state index contributed by atoms with van der Waals surface area (Å²) >= 11 is 1.94. The topological polar surface area (TPSA) is 70.1 Å². The van der Waals surface area contributed by atoms with Gasteiger partial charge in [0, 0.05) is 17.7 Å². The maximum Gasteiger partial charge on any atom is 0.360 e. The molecule has 0 atom stereocenters. The summed E-state index contributed by atoms with van der Waals surface area (Å²) in [5.74, 6) is 0.894. The fraction of sp³-hybridized carbons (Fsp3) is 0.714. The van der Waals surface area contributed by atoms with E-state index in [1.54, 1.807) is 0 Å². The van der Waals surface area contributed by atoms with E-state index in [4.69, 9.17) is 10.5 Å². The lowest BCUT2D eigenvalue weighted by Crippen LogP contribution is -2.22. The van der Waals surface area contributed by atoms with Crippen molar-refractivity contribution in [2.75, 3.05) is 19.1 Å². The Balaban J connectivity index is 2.27. The number of methoxy groups -OCH3 is 1. The monoisotopic (exact) mass is 297 g/mol. The molecule has 0 amide bonds. The number of hydrogen-bond acceptors (Lipinski definition) is 5. The molecule has 0 saturated heterocycles. The van der Waals surface area contributed by atoms with Crippen LogP contribution in [0.25, 0.3) is 0 Å². The number of esters is 1. The predicted molar refractivity (Wildman–Crippen MR) is 82.2 cm³/mol. The van der Waals surface area contributed by atoms with Crippen LogP contribution in [0.4, 0.5) is 5.82 Å². The van der Waals surface area contributed by atoms with E-state index in [2.05, 4.69) is 15.8 Å². The Labute approximate surface area is 124 Å². The Morgan fingerprint density at radius 1 is 1.45 bits per heavy atom. The van der Waals surface area contributed by atoms with Gasteiger partial charge in [0.2, 0.25) is 0 Å². The van der Waals surface area contributed by atoms with E-state index in [9.17, 15) is 4.79 Å². The van der Waals surface area contributed by atoms with Crippen LogP contribution >= 0.6 is 11.8 Å². The minimum Gasteiger partial charge on any atom is -0.464 e. The Bertz CT molecular complexity index is 479. The zero-order valence-electron chi connectivity index (χ0n) is 12.4. The molecule has 0 aliphatic heterocycles. The third-order valence-corrected chi connectivity index (χ3v) is 5.20. The molecular weight excluding hydrogens is 274 g/mol. The lowest BCUT2D eigenvalue weighted by Gasteiger charge is -2.30. The van der Waals surface area contributed by atoms with Gasteiger partial charge in [-0.1, -0.05) is 6.92 Å². The van der Waals surface area contributed by atoms with Gasteiger partial charge in [0.25, 0.3) is 0 Å². The molecule has 0 radical (unpaired) electrons. The van der Waals surface area contributed by atoms with Crippen molar-refractivity contribution in [3.05, 3.63) is 11.5 Å². The molecule has 1 saturated carbocycles. The lowest BCUT2D eigenvalue weighted by molar-refractivity contribution is 0.0595. The quantitative estimate of drug-likeness (QED) is 0.865. The predicted octanol–water partition coefficient (Wildman–Crippen LogP) is 2.66. The summed E-state index contributed by atoms with van der Waals surface area (Å²) in [6, 6.07) is 0.360. The molecule has 112 valence electrons. The first-order chi connectivity index (χ1) is 9.62. The second-order valence-corrected chi connectivity index (χ2v) is 6.28. The molecule has 1 aromatic heterocycles. The van der Waals surface area contributed by atoms with Crippen LogP contribution in [0, 0.1) is 0 Å². The number of imidazole rings is 1. The fourth-order valence-electron chi connectivity index (χ4n) is 2.94. The van der Waals surface area contributed by atoms with Gasteiger partial charge in [-0.05, 0) is 31.9 Å². The summed E-state index contributed by atoms with van der Waals surface area (Å²) in [5.41, 5.74) is 6.41. The summed E-state index contributed by atoms with van der Waals surface area (Å²) in [4.78, 5) is 16.1. The maximum absolute atomic E-state index is 11.7. The highest BCUT2D eigenvalue weighted by Gasteiger charge is 2.28. The van der Waals surface area contributed by atoms with Crippen molar-refractivity contribution < 1.29 is 9.53 Å². The van der Waals surface area contributed by atoms with Gasteiger partial charge in [-0.15, -0.1) is 0 Å². The summed E-state index contributed by atoms with van der Waals surface area (Å²) in [6.07, 6.45) is 7.52. The lowest BCUT2D eigenvalue weighted by atomic mass is 9.94. The second kappa shape index (κ2) is 6.52. The first-order valence-corrected chi connectivity index (χ1v) is 8.38. The minimum absolute atomic E-state index is 0.260. The molecule has 0 unspecified atom stereocenters. The van der Waals surface area contributed by atoms with Crippen LogP contribution in [0.3, 0.4) is 0 Å². The number of nitrogens with zero attached hydrogens (tertiary/aromatic N) is 2. The number of ether oxygens (including phenoxy) is 1. The van der Waals surface area contributed by atoms with Crippen LogP contribution in [0.5, 0.6) is 0 Å². The van der Waals surface area contributed by atoms with E-state index in [0.717, 1.165) is 30.3 Å². The summed E-state index contributed by atoms with van der Waals surface area (Å²) in [5, 5.41) is 0.751. The largest absolute Gasteiger partial charge is 0.464 e. The molecule has 0 bridgehead atoms. The first kappa shape index (κ1) is 15.2. The van der Waals surface area contributed by atoms with Gasteiger partial charge >= 0.3 is 5.97 Å². The Morgan fingerprint density at radius 2 is 2.10 bits per heavy atom. The molecule has 1 aliphatic rings. The number of aryl methyl sites for hydroxylation is 1.